The summed E-state index contributed by atoms with van der Waals surface area (Å²) in [6.07, 6.45) is 2.93. The number of anilines is 1. The summed E-state index contributed by atoms with van der Waals surface area (Å²) < 4.78 is 40.2. The second-order valence-electron chi connectivity index (χ2n) is 11.3. The van der Waals surface area contributed by atoms with Crippen LogP contribution in [0.4, 0.5) is 14.5 Å². The van der Waals surface area contributed by atoms with Crippen LogP contribution in [0.3, 0.4) is 0 Å². The predicted molar refractivity (Wildman–Crippen MR) is 167 cm³/mol. The molecule has 1 aromatic heterocycles. The van der Waals surface area contributed by atoms with Crippen LogP contribution in [0.25, 0.3) is 21.2 Å². The molecule has 2 aliphatic heterocycles. The van der Waals surface area contributed by atoms with Gasteiger partial charge in [0.05, 0.1) is 4.88 Å². The largest absolute Gasteiger partial charge is 0.399 e. The maximum absolute atomic E-state index is 14.2. The molecule has 0 saturated carbocycles. The quantitative estimate of drug-likeness (QED) is 0.179. The van der Waals surface area contributed by atoms with Crippen molar-refractivity contribution in [1.82, 2.24) is 10.2 Å². The van der Waals surface area contributed by atoms with Gasteiger partial charge in [0.1, 0.15) is 12.1 Å². The Bertz CT molecular complexity index is 1810. The first-order valence-electron chi connectivity index (χ1n) is 14.5. The van der Waals surface area contributed by atoms with Crippen LogP contribution in [0.15, 0.2) is 78.9 Å². The van der Waals surface area contributed by atoms with Crippen LogP contribution in [0.2, 0.25) is 0 Å². The number of halogens is 2. The van der Waals surface area contributed by atoms with E-state index in [2.05, 4.69) is 10.6 Å². The van der Waals surface area contributed by atoms with E-state index >= 15 is 0 Å². The van der Waals surface area contributed by atoms with Crippen molar-refractivity contribution in [3.8, 4) is 11.1 Å². The zero-order chi connectivity index (χ0) is 31.9. The second-order valence-corrected chi connectivity index (χ2v) is 14.1. The van der Waals surface area contributed by atoms with E-state index in [1.807, 2.05) is 54.6 Å². The van der Waals surface area contributed by atoms with Gasteiger partial charge in [0.25, 0.3) is 5.91 Å². The summed E-state index contributed by atoms with van der Waals surface area (Å²) in [5.74, 6) is -1.21. The number of hydrogen-bond acceptors (Lipinski definition) is 5. The number of carbonyl (C=O) groups excluding carboxylic acids is 3. The van der Waals surface area contributed by atoms with E-state index in [-0.39, 0.29) is 28.1 Å². The lowest BCUT2D eigenvalue weighted by molar-refractivity contribution is -0.139. The minimum atomic E-state index is -5.75. The molecule has 13 heteroatoms. The number of amides is 3. The Morgan fingerprint density at radius 1 is 0.911 bits per heavy atom. The normalized spacial score (nSPS) is 20.5. The number of fused-ring (bicyclic) bond motifs is 2. The van der Waals surface area contributed by atoms with Gasteiger partial charge in [-0.15, -0.1) is 11.3 Å². The average molecular weight is 654 g/mol. The predicted octanol–water partition coefficient (Wildman–Crippen LogP) is 6.08. The molecule has 0 spiro atoms. The number of alkyl halides is 2. The highest BCUT2D eigenvalue weighted by atomic mass is 32.1. The van der Waals surface area contributed by atoms with Gasteiger partial charge < -0.3 is 25.3 Å². The molecule has 0 radical (unpaired) electrons. The summed E-state index contributed by atoms with van der Waals surface area (Å²) in [6, 6.07) is 20.2. The lowest BCUT2D eigenvalue weighted by atomic mass is 10.0. The summed E-state index contributed by atoms with van der Waals surface area (Å²) >= 11 is 1.01. The van der Waals surface area contributed by atoms with Crippen LogP contribution >= 0.6 is 18.9 Å². The summed E-state index contributed by atoms with van der Waals surface area (Å²) in [6.45, 7) is 0. The number of nitrogens with zero attached hydrogens (tertiary/aromatic N) is 1. The van der Waals surface area contributed by atoms with Crippen LogP contribution in [0.5, 0.6) is 0 Å². The molecule has 45 heavy (non-hydrogen) atoms. The van der Waals surface area contributed by atoms with Gasteiger partial charge >= 0.3 is 13.3 Å². The Labute approximate surface area is 261 Å². The van der Waals surface area contributed by atoms with Gasteiger partial charge in [-0.3, -0.25) is 18.9 Å². The Hall–Kier alpha value is -3.96. The first-order valence-corrected chi connectivity index (χ1v) is 16.9. The van der Waals surface area contributed by atoms with E-state index in [1.165, 1.54) is 12.1 Å². The minimum Gasteiger partial charge on any atom is -0.340 e. The number of rotatable bonds is 7. The Balaban J connectivity index is 1.15. The van der Waals surface area contributed by atoms with Crippen molar-refractivity contribution in [3.63, 3.8) is 0 Å². The number of hydrogen-bond donors (Lipinski definition) is 4. The molecule has 3 aromatic carbocycles. The molecule has 3 amide bonds. The standard InChI is InChI=1S/C32H30F2N3O6PS/c33-32(34,44(41,42)43)22-11-16-27-21(17-22)18-28(45-27)30(39)36-25-8-4-7-24-14-15-26(37(24)31(25)40)29(38)35-23-12-9-20(10-13-23)19-5-2-1-3-6-19/h1-3,5-6,9-13,16-18,24-26H,4,7-8,14-15H2,(H,35,38)(H,36,39)(H2,41,42,43)/t24-,25-,26-/m0/s1. The summed E-state index contributed by atoms with van der Waals surface area (Å²) in [7, 11) is -5.75. The number of nitrogens with one attached hydrogen (secondary N) is 2. The van der Waals surface area contributed by atoms with E-state index in [9.17, 15) is 27.7 Å². The van der Waals surface area contributed by atoms with Crippen molar-refractivity contribution in [2.24, 2.45) is 0 Å². The smallest absolute Gasteiger partial charge is 0.340 e. The first kappa shape index (κ1) is 31.0. The highest BCUT2D eigenvalue weighted by Crippen LogP contribution is 2.59. The third-order valence-corrected chi connectivity index (χ3v) is 10.5. The van der Waals surface area contributed by atoms with Crippen molar-refractivity contribution < 1.29 is 37.5 Å². The van der Waals surface area contributed by atoms with Gasteiger partial charge in [-0.25, -0.2) is 0 Å². The molecule has 0 unspecified atom stereocenters. The van der Waals surface area contributed by atoms with Crippen LogP contribution in [0, 0.1) is 0 Å². The van der Waals surface area contributed by atoms with E-state index in [4.69, 9.17) is 9.79 Å². The van der Waals surface area contributed by atoms with Gasteiger partial charge in [0.2, 0.25) is 11.8 Å². The topological polar surface area (TPSA) is 136 Å². The van der Waals surface area contributed by atoms with Gasteiger partial charge in [-0.2, -0.15) is 8.78 Å². The molecule has 4 N–H and O–H groups in total. The van der Waals surface area contributed by atoms with Crippen LogP contribution < -0.4 is 10.6 Å². The SMILES string of the molecule is O=C(N[C@H]1CCC[C@H]2CC[C@@H](C(=O)Nc3ccc(-c4ccccc4)cc3)N2C1=O)c1cc2cc(C(F)(F)P(=O)(O)O)ccc2s1. The van der Waals surface area contributed by atoms with E-state index in [0.29, 0.717) is 42.5 Å². The van der Waals surface area contributed by atoms with E-state index in [1.54, 1.807) is 4.90 Å². The Kier molecular flexibility index (Phi) is 8.34. The average Bonchev–Trinajstić information content (AvgIpc) is 3.61. The lowest BCUT2D eigenvalue weighted by Crippen LogP contribution is -2.53. The number of thiophene rings is 1. The minimum absolute atomic E-state index is 0.117. The molecule has 4 aromatic rings. The van der Waals surface area contributed by atoms with E-state index < -0.39 is 36.8 Å². The maximum atomic E-state index is 14.2. The number of benzene rings is 3. The van der Waals surface area contributed by atoms with Crippen molar-refractivity contribution in [1.29, 1.82) is 0 Å². The highest BCUT2D eigenvalue weighted by Gasteiger charge is 2.50. The fraction of sp³-hybridized carbons (Fsp3) is 0.281. The molecule has 9 nitrogen and oxygen atoms in total. The second kappa shape index (κ2) is 12.1. The Morgan fingerprint density at radius 2 is 1.62 bits per heavy atom. The zero-order valence-electron chi connectivity index (χ0n) is 23.9. The number of carbonyl (C=O) groups is 3. The van der Waals surface area contributed by atoms with Crippen LogP contribution in [-0.2, 0) is 19.8 Å². The monoisotopic (exact) mass is 653 g/mol. The zero-order valence-corrected chi connectivity index (χ0v) is 25.6. The molecule has 0 aliphatic carbocycles. The molecule has 0 bridgehead atoms. The van der Waals surface area contributed by atoms with Crippen LogP contribution in [-0.4, -0.2) is 50.5 Å². The molecule has 6 rings (SSSR count). The lowest BCUT2D eigenvalue weighted by Gasteiger charge is -2.30. The fourth-order valence-corrected chi connectivity index (χ4v) is 7.52. The molecule has 234 valence electrons. The van der Waals surface area contributed by atoms with Crippen molar-refractivity contribution in [3.05, 3.63) is 89.3 Å². The van der Waals surface area contributed by atoms with Crippen molar-refractivity contribution in [2.75, 3.05) is 5.32 Å². The highest BCUT2D eigenvalue weighted by molar-refractivity contribution is 7.52. The maximum Gasteiger partial charge on any atom is 0.399 e. The summed E-state index contributed by atoms with van der Waals surface area (Å²) in [5, 5.41) is 5.93. The molecule has 3 atom stereocenters. The molecule has 3 heterocycles. The summed E-state index contributed by atoms with van der Waals surface area (Å²) in [5.41, 5.74) is -2.56. The Morgan fingerprint density at radius 3 is 2.33 bits per heavy atom. The van der Waals surface area contributed by atoms with Gasteiger partial charge in [0.15, 0.2) is 0 Å². The van der Waals surface area contributed by atoms with Crippen LogP contribution in [0.1, 0.15) is 47.3 Å². The van der Waals surface area contributed by atoms with Gasteiger partial charge in [0, 0.05) is 22.0 Å². The van der Waals surface area contributed by atoms with Gasteiger partial charge in [-0.1, -0.05) is 48.5 Å². The van der Waals surface area contributed by atoms with Crippen molar-refractivity contribution >= 4 is 52.4 Å². The van der Waals surface area contributed by atoms with Crippen molar-refractivity contribution in [2.45, 2.75) is 55.9 Å². The third kappa shape index (κ3) is 6.15. The molecular formula is C32H30F2N3O6PS. The summed E-state index contributed by atoms with van der Waals surface area (Å²) in [4.78, 5) is 60.3. The molecular weight excluding hydrogens is 623 g/mol. The third-order valence-electron chi connectivity index (χ3n) is 8.41. The molecule has 2 saturated heterocycles. The molecule has 2 fully saturated rings. The molecule has 2 aliphatic rings. The van der Waals surface area contributed by atoms with Gasteiger partial charge in [-0.05, 0) is 78.9 Å². The fourth-order valence-electron chi connectivity index (χ4n) is 6.09. The first-order chi connectivity index (χ1) is 21.4. The van der Waals surface area contributed by atoms with E-state index in [0.717, 1.165) is 34.6 Å².